The molecular formula is C10H9ClN2O2. The van der Waals surface area contributed by atoms with Crippen molar-refractivity contribution in [3.63, 3.8) is 0 Å². The van der Waals surface area contributed by atoms with Gasteiger partial charge in [-0.15, -0.1) is 0 Å². The maximum atomic E-state index is 11.8. The Hall–Kier alpha value is -1.55. The summed E-state index contributed by atoms with van der Waals surface area (Å²) in [6.07, 6.45) is 2.94. The van der Waals surface area contributed by atoms with Gasteiger partial charge in [0.25, 0.3) is 5.56 Å². The average Bonchev–Trinajstić information content (AvgIpc) is 2.73. The first kappa shape index (κ1) is 9.98. The standard InChI is InChI=1S/C10H9ClN2O2/c1-6-3-8(7-4-12-15-5-7)10(14)13(2)9(6)11/h3-5H,1-2H3. The summed E-state index contributed by atoms with van der Waals surface area (Å²) in [6, 6.07) is 1.73. The summed E-state index contributed by atoms with van der Waals surface area (Å²) in [5.41, 5.74) is 1.89. The van der Waals surface area contributed by atoms with Crippen molar-refractivity contribution in [2.24, 2.45) is 7.05 Å². The van der Waals surface area contributed by atoms with Crippen molar-refractivity contribution < 1.29 is 4.52 Å². The number of aromatic nitrogens is 2. The minimum absolute atomic E-state index is 0.159. The van der Waals surface area contributed by atoms with Gasteiger partial charge in [-0.1, -0.05) is 16.8 Å². The summed E-state index contributed by atoms with van der Waals surface area (Å²) < 4.78 is 6.10. The lowest BCUT2D eigenvalue weighted by Gasteiger charge is -2.06. The third-order valence-electron chi connectivity index (χ3n) is 2.26. The molecule has 0 N–H and O–H groups in total. The van der Waals surface area contributed by atoms with Crippen LogP contribution in [-0.2, 0) is 7.05 Å². The van der Waals surface area contributed by atoms with Crippen molar-refractivity contribution in [2.45, 2.75) is 6.92 Å². The molecule has 5 heteroatoms. The molecule has 0 aliphatic heterocycles. The van der Waals surface area contributed by atoms with Crippen LogP contribution in [0.2, 0.25) is 5.15 Å². The van der Waals surface area contributed by atoms with E-state index in [1.165, 1.54) is 17.0 Å². The minimum atomic E-state index is -0.159. The van der Waals surface area contributed by atoms with Crippen LogP contribution in [-0.4, -0.2) is 9.72 Å². The van der Waals surface area contributed by atoms with Gasteiger partial charge in [0, 0.05) is 12.6 Å². The molecule has 2 heterocycles. The van der Waals surface area contributed by atoms with Gasteiger partial charge in [0.1, 0.15) is 11.4 Å². The van der Waals surface area contributed by atoms with Crippen molar-refractivity contribution >= 4 is 11.6 Å². The van der Waals surface area contributed by atoms with E-state index >= 15 is 0 Å². The Morgan fingerprint density at radius 2 is 2.27 bits per heavy atom. The van der Waals surface area contributed by atoms with E-state index in [-0.39, 0.29) is 5.56 Å². The van der Waals surface area contributed by atoms with Gasteiger partial charge < -0.3 is 9.09 Å². The zero-order valence-corrected chi connectivity index (χ0v) is 9.08. The zero-order valence-electron chi connectivity index (χ0n) is 8.32. The number of rotatable bonds is 1. The van der Waals surface area contributed by atoms with E-state index in [0.29, 0.717) is 16.3 Å². The van der Waals surface area contributed by atoms with Crippen LogP contribution in [0.15, 0.2) is 27.8 Å². The highest BCUT2D eigenvalue weighted by Crippen LogP contribution is 2.19. The normalized spacial score (nSPS) is 10.6. The first-order chi connectivity index (χ1) is 7.11. The van der Waals surface area contributed by atoms with Crippen molar-refractivity contribution in [1.82, 2.24) is 9.72 Å². The summed E-state index contributed by atoms with van der Waals surface area (Å²) in [4.78, 5) is 11.8. The molecule has 0 saturated carbocycles. The van der Waals surface area contributed by atoms with Crippen LogP contribution >= 0.6 is 11.6 Å². The fourth-order valence-corrected chi connectivity index (χ4v) is 1.55. The van der Waals surface area contributed by atoms with E-state index in [1.54, 1.807) is 13.1 Å². The van der Waals surface area contributed by atoms with Gasteiger partial charge >= 0.3 is 0 Å². The lowest BCUT2D eigenvalue weighted by atomic mass is 10.1. The molecule has 0 amide bonds. The molecule has 2 aromatic rings. The van der Waals surface area contributed by atoms with E-state index in [9.17, 15) is 4.79 Å². The van der Waals surface area contributed by atoms with Crippen LogP contribution in [0.5, 0.6) is 0 Å². The molecule has 0 aromatic carbocycles. The van der Waals surface area contributed by atoms with Crippen LogP contribution in [0.3, 0.4) is 0 Å². The topological polar surface area (TPSA) is 48.0 Å². The lowest BCUT2D eigenvalue weighted by Crippen LogP contribution is -2.19. The van der Waals surface area contributed by atoms with E-state index in [4.69, 9.17) is 16.1 Å². The number of halogens is 1. The van der Waals surface area contributed by atoms with Gasteiger partial charge in [0.15, 0.2) is 0 Å². The molecule has 78 valence electrons. The Labute approximate surface area is 91.1 Å². The maximum absolute atomic E-state index is 11.8. The second-order valence-electron chi connectivity index (χ2n) is 3.31. The van der Waals surface area contributed by atoms with Crippen molar-refractivity contribution in [3.05, 3.63) is 39.6 Å². The first-order valence-electron chi connectivity index (χ1n) is 4.37. The molecule has 0 unspecified atom stereocenters. The summed E-state index contributed by atoms with van der Waals surface area (Å²) in [6.45, 7) is 1.85. The van der Waals surface area contributed by atoms with Crippen LogP contribution in [0, 0.1) is 6.92 Å². The fourth-order valence-electron chi connectivity index (χ4n) is 1.42. The predicted molar refractivity (Wildman–Crippen MR) is 56.9 cm³/mol. The van der Waals surface area contributed by atoms with Crippen LogP contribution in [0.1, 0.15) is 5.56 Å². The zero-order chi connectivity index (χ0) is 11.0. The molecule has 0 saturated heterocycles. The van der Waals surface area contributed by atoms with Gasteiger partial charge in [-0.3, -0.25) is 4.79 Å². The third kappa shape index (κ3) is 1.57. The number of aryl methyl sites for hydroxylation is 1. The van der Waals surface area contributed by atoms with E-state index < -0.39 is 0 Å². The molecule has 2 rings (SSSR count). The Kier molecular flexibility index (Phi) is 2.36. The molecule has 0 atom stereocenters. The van der Waals surface area contributed by atoms with Crippen LogP contribution in [0.4, 0.5) is 0 Å². The summed E-state index contributed by atoms with van der Waals surface area (Å²) in [5.74, 6) is 0. The molecule has 0 spiro atoms. The van der Waals surface area contributed by atoms with Crippen molar-refractivity contribution in [2.75, 3.05) is 0 Å². The third-order valence-corrected chi connectivity index (χ3v) is 2.81. The molecule has 0 radical (unpaired) electrons. The van der Waals surface area contributed by atoms with Crippen molar-refractivity contribution in [1.29, 1.82) is 0 Å². The van der Waals surface area contributed by atoms with Crippen LogP contribution in [0.25, 0.3) is 11.1 Å². The predicted octanol–water partition coefficient (Wildman–Crippen LogP) is 2.00. The van der Waals surface area contributed by atoms with Gasteiger partial charge in [-0.05, 0) is 18.6 Å². The lowest BCUT2D eigenvalue weighted by molar-refractivity contribution is 0.420. The molecule has 0 fully saturated rings. The Morgan fingerprint density at radius 3 is 2.87 bits per heavy atom. The number of pyridine rings is 1. The van der Waals surface area contributed by atoms with E-state index in [1.807, 2.05) is 6.92 Å². The Balaban J connectivity index is 2.75. The molecule has 0 aliphatic rings. The highest BCUT2D eigenvalue weighted by molar-refractivity contribution is 6.30. The minimum Gasteiger partial charge on any atom is -0.364 e. The van der Waals surface area contributed by atoms with Crippen LogP contribution < -0.4 is 5.56 Å². The Bertz CT molecular complexity index is 543. The number of hydrogen-bond acceptors (Lipinski definition) is 3. The highest BCUT2D eigenvalue weighted by Gasteiger charge is 2.11. The number of nitrogens with zero attached hydrogens (tertiary/aromatic N) is 2. The molecule has 15 heavy (non-hydrogen) atoms. The van der Waals surface area contributed by atoms with Gasteiger partial charge in [-0.2, -0.15) is 0 Å². The van der Waals surface area contributed by atoms with Gasteiger partial charge in [0.2, 0.25) is 0 Å². The maximum Gasteiger partial charge on any atom is 0.259 e. The summed E-state index contributed by atoms with van der Waals surface area (Å²) in [5, 5.41) is 4.01. The largest absolute Gasteiger partial charge is 0.364 e. The molecule has 0 aliphatic carbocycles. The molecular weight excluding hydrogens is 216 g/mol. The molecule has 0 bridgehead atoms. The van der Waals surface area contributed by atoms with E-state index in [2.05, 4.69) is 5.16 Å². The molecule has 2 aromatic heterocycles. The Morgan fingerprint density at radius 1 is 1.53 bits per heavy atom. The van der Waals surface area contributed by atoms with Gasteiger partial charge in [-0.25, -0.2) is 0 Å². The quantitative estimate of drug-likeness (QED) is 0.696. The smallest absolute Gasteiger partial charge is 0.259 e. The van der Waals surface area contributed by atoms with E-state index in [0.717, 1.165) is 5.56 Å². The molecule has 4 nitrogen and oxygen atoms in total. The summed E-state index contributed by atoms with van der Waals surface area (Å²) in [7, 11) is 1.63. The number of hydrogen-bond donors (Lipinski definition) is 0. The monoisotopic (exact) mass is 224 g/mol. The second-order valence-corrected chi connectivity index (χ2v) is 3.67. The first-order valence-corrected chi connectivity index (χ1v) is 4.75. The van der Waals surface area contributed by atoms with Crippen molar-refractivity contribution in [3.8, 4) is 11.1 Å². The SMILES string of the molecule is Cc1cc(-c2cnoc2)c(=O)n(C)c1Cl. The summed E-state index contributed by atoms with van der Waals surface area (Å²) >= 11 is 5.94. The van der Waals surface area contributed by atoms with Gasteiger partial charge in [0.05, 0.1) is 11.8 Å². The fraction of sp³-hybridized carbons (Fsp3) is 0.200. The second kappa shape index (κ2) is 3.55. The average molecular weight is 225 g/mol. The highest BCUT2D eigenvalue weighted by atomic mass is 35.5.